The fourth-order valence-electron chi connectivity index (χ4n) is 1.55. The van der Waals surface area contributed by atoms with Gasteiger partial charge in [0, 0.05) is 6.04 Å². The fraction of sp³-hybridized carbons (Fsp3) is 0.455. The molecule has 0 aliphatic rings. The Morgan fingerprint density at radius 2 is 1.73 bits per heavy atom. The van der Waals surface area contributed by atoms with E-state index in [0.29, 0.717) is 0 Å². The first-order valence-corrected chi connectivity index (χ1v) is 4.82. The molecule has 0 aromatic heterocycles. The van der Waals surface area contributed by atoms with Crippen LogP contribution in [0.5, 0.6) is 11.5 Å². The Bertz CT molecular complexity index is 340. The topological polar surface area (TPSA) is 56.5 Å². The first-order chi connectivity index (χ1) is 7.13. The molecule has 0 heterocycles. The lowest BCUT2D eigenvalue weighted by molar-refractivity contribution is 0.353. The molecule has 15 heavy (non-hydrogen) atoms. The van der Waals surface area contributed by atoms with Gasteiger partial charge in [0.2, 0.25) is 0 Å². The van der Waals surface area contributed by atoms with Crippen molar-refractivity contribution in [3.8, 4) is 11.5 Å². The van der Waals surface area contributed by atoms with Crippen molar-refractivity contribution in [2.75, 3.05) is 14.2 Å². The summed E-state index contributed by atoms with van der Waals surface area (Å²) < 4.78 is 10.4. The maximum absolute atomic E-state index is 5.41. The zero-order chi connectivity index (χ0) is 11.4. The molecule has 1 unspecified atom stereocenters. The Morgan fingerprint density at radius 3 is 2.20 bits per heavy atom. The molecule has 0 radical (unpaired) electrons. The number of hydrogen-bond acceptors (Lipinski definition) is 4. The van der Waals surface area contributed by atoms with Crippen LogP contribution < -0.4 is 20.7 Å². The zero-order valence-corrected chi connectivity index (χ0v) is 9.63. The molecule has 4 heteroatoms. The minimum absolute atomic E-state index is 0.0878. The van der Waals surface area contributed by atoms with E-state index in [1.165, 1.54) is 0 Å². The summed E-state index contributed by atoms with van der Waals surface area (Å²) in [5, 5.41) is 0. The minimum Gasteiger partial charge on any atom is -0.493 e. The molecule has 0 saturated heterocycles. The van der Waals surface area contributed by atoms with Crippen molar-refractivity contribution in [1.82, 2.24) is 5.43 Å². The predicted molar refractivity (Wildman–Crippen MR) is 60.0 cm³/mol. The van der Waals surface area contributed by atoms with Crippen molar-refractivity contribution >= 4 is 0 Å². The molecule has 0 amide bonds. The molecule has 4 nitrogen and oxygen atoms in total. The van der Waals surface area contributed by atoms with Gasteiger partial charge in [-0.1, -0.05) is 0 Å². The van der Waals surface area contributed by atoms with E-state index in [0.717, 1.165) is 22.6 Å². The largest absolute Gasteiger partial charge is 0.493 e. The van der Waals surface area contributed by atoms with Crippen LogP contribution in [0.25, 0.3) is 0 Å². The quantitative estimate of drug-likeness (QED) is 0.584. The monoisotopic (exact) mass is 210 g/mol. The Kier molecular flexibility index (Phi) is 3.94. The summed E-state index contributed by atoms with van der Waals surface area (Å²) in [6, 6.07) is 3.98. The number of benzene rings is 1. The van der Waals surface area contributed by atoms with Gasteiger partial charge in [-0.25, -0.2) is 0 Å². The lowest BCUT2D eigenvalue weighted by Crippen LogP contribution is -2.26. The Labute approximate surface area is 90.3 Å². The van der Waals surface area contributed by atoms with Crippen LogP contribution >= 0.6 is 0 Å². The van der Waals surface area contributed by atoms with Gasteiger partial charge < -0.3 is 9.47 Å². The average molecular weight is 210 g/mol. The summed E-state index contributed by atoms with van der Waals surface area (Å²) in [4.78, 5) is 0. The highest BCUT2D eigenvalue weighted by Gasteiger charge is 2.12. The molecule has 1 aromatic carbocycles. The summed E-state index contributed by atoms with van der Waals surface area (Å²) in [5.74, 6) is 6.87. The first kappa shape index (κ1) is 11.8. The highest BCUT2D eigenvalue weighted by atomic mass is 16.5. The molecular weight excluding hydrogens is 192 g/mol. The number of nitrogens with one attached hydrogen (secondary N) is 1. The molecule has 0 fully saturated rings. The van der Waals surface area contributed by atoms with E-state index < -0.39 is 0 Å². The van der Waals surface area contributed by atoms with Crippen molar-refractivity contribution < 1.29 is 9.47 Å². The minimum atomic E-state index is 0.0878. The van der Waals surface area contributed by atoms with Gasteiger partial charge in [-0.15, -0.1) is 0 Å². The van der Waals surface area contributed by atoms with Crippen LogP contribution in [0.1, 0.15) is 24.1 Å². The fourth-order valence-corrected chi connectivity index (χ4v) is 1.55. The number of ether oxygens (including phenoxy) is 2. The van der Waals surface area contributed by atoms with Crippen molar-refractivity contribution in [1.29, 1.82) is 0 Å². The first-order valence-electron chi connectivity index (χ1n) is 4.82. The number of methoxy groups -OCH3 is 2. The third-order valence-electron chi connectivity index (χ3n) is 2.49. The highest BCUT2D eigenvalue weighted by molar-refractivity contribution is 5.47. The molecule has 0 aliphatic heterocycles. The van der Waals surface area contributed by atoms with Crippen molar-refractivity contribution in [3.05, 3.63) is 23.3 Å². The maximum atomic E-state index is 5.41. The van der Waals surface area contributed by atoms with Crippen molar-refractivity contribution in [2.45, 2.75) is 19.9 Å². The normalized spacial score (nSPS) is 12.3. The molecule has 0 bridgehead atoms. The summed E-state index contributed by atoms with van der Waals surface area (Å²) in [5.41, 5.74) is 4.94. The maximum Gasteiger partial charge on any atom is 0.161 e. The second-order valence-corrected chi connectivity index (χ2v) is 3.45. The summed E-state index contributed by atoms with van der Waals surface area (Å²) >= 11 is 0. The van der Waals surface area contributed by atoms with Crippen LogP contribution in [-0.4, -0.2) is 14.2 Å². The number of hydrazine groups is 1. The molecule has 84 valence electrons. The third kappa shape index (κ3) is 2.40. The Hall–Kier alpha value is -1.26. The van der Waals surface area contributed by atoms with Gasteiger partial charge >= 0.3 is 0 Å². The number of aryl methyl sites for hydroxylation is 1. The zero-order valence-electron chi connectivity index (χ0n) is 9.63. The smallest absolute Gasteiger partial charge is 0.161 e. The number of nitrogens with two attached hydrogens (primary N) is 1. The molecule has 1 aromatic rings. The molecule has 1 rings (SSSR count). The van der Waals surface area contributed by atoms with Crippen LogP contribution in [0.2, 0.25) is 0 Å². The average Bonchev–Trinajstić information content (AvgIpc) is 2.27. The van der Waals surface area contributed by atoms with Crippen LogP contribution in [0.4, 0.5) is 0 Å². The van der Waals surface area contributed by atoms with Crippen LogP contribution in [0.15, 0.2) is 12.1 Å². The number of rotatable bonds is 4. The third-order valence-corrected chi connectivity index (χ3v) is 2.49. The molecule has 0 spiro atoms. The van der Waals surface area contributed by atoms with E-state index in [2.05, 4.69) is 5.43 Å². The lowest BCUT2D eigenvalue weighted by Gasteiger charge is -2.16. The van der Waals surface area contributed by atoms with Gasteiger partial charge in [0.15, 0.2) is 11.5 Å². The van der Waals surface area contributed by atoms with E-state index in [4.69, 9.17) is 15.3 Å². The van der Waals surface area contributed by atoms with E-state index in [1.807, 2.05) is 26.0 Å². The van der Waals surface area contributed by atoms with Gasteiger partial charge in [-0.2, -0.15) is 0 Å². The lowest BCUT2D eigenvalue weighted by atomic mass is 10.0. The molecule has 0 saturated carbocycles. The standard InChI is InChI=1S/C11H18N2O2/c1-7-5-10(14-3)11(15-4)6-9(7)8(2)13-12/h5-6,8,13H,12H2,1-4H3. The van der Waals surface area contributed by atoms with Gasteiger partial charge in [0.1, 0.15) is 0 Å². The van der Waals surface area contributed by atoms with E-state index in [-0.39, 0.29) is 6.04 Å². The molecule has 1 atom stereocenters. The van der Waals surface area contributed by atoms with Crippen LogP contribution in [-0.2, 0) is 0 Å². The van der Waals surface area contributed by atoms with Gasteiger partial charge in [0.05, 0.1) is 14.2 Å². The molecule has 3 N–H and O–H groups in total. The molecular formula is C11H18N2O2. The summed E-state index contributed by atoms with van der Waals surface area (Å²) in [6.07, 6.45) is 0. The summed E-state index contributed by atoms with van der Waals surface area (Å²) in [6.45, 7) is 4.01. The van der Waals surface area contributed by atoms with Gasteiger partial charge in [-0.3, -0.25) is 11.3 Å². The van der Waals surface area contributed by atoms with Gasteiger partial charge in [-0.05, 0) is 37.1 Å². The summed E-state index contributed by atoms with van der Waals surface area (Å²) in [7, 11) is 3.25. The number of hydrogen-bond donors (Lipinski definition) is 2. The SMILES string of the molecule is COc1cc(C)c(C(C)NN)cc1OC. The van der Waals surface area contributed by atoms with E-state index in [1.54, 1.807) is 14.2 Å². The van der Waals surface area contributed by atoms with Crippen molar-refractivity contribution in [3.63, 3.8) is 0 Å². The second-order valence-electron chi connectivity index (χ2n) is 3.45. The van der Waals surface area contributed by atoms with E-state index in [9.17, 15) is 0 Å². The Morgan fingerprint density at radius 1 is 1.20 bits per heavy atom. The van der Waals surface area contributed by atoms with Crippen LogP contribution in [0.3, 0.4) is 0 Å². The second kappa shape index (κ2) is 5.00. The van der Waals surface area contributed by atoms with Gasteiger partial charge in [0.25, 0.3) is 0 Å². The van der Waals surface area contributed by atoms with Crippen molar-refractivity contribution in [2.24, 2.45) is 5.84 Å². The van der Waals surface area contributed by atoms with Crippen LogP contribution in [0, 0.1) is 6.92 Å². The highest BCUT2D eigenvalue weighted by Crippen LogP contribution is 2.32. The van der Waals surface area contributed by atoms with E-state index >= 15 is 0 Å². The Balaban J connectivity index is 3.19. The predicted octanol–water partition coefficient (Wildman–Crippen LogP) is 1.54. The molecule has 0 aliphatic carbocycles.